The minimum atomic E-state index is 0.251. The van der Waals surface area contributed by atoms with Crippen LogP contribution in [0.1, 0.15) is 6.42 Å². The summed E-state index contributed by atoms with van der Waals surface area (Å²) in [5.41, 5.74) is 2.37. The topological polar surface area (TPSA) is 107 Å². The van der Waals surface area contributed by atoms with E-state index in [9.17, 15) is 0 Å². The van der Waals surface area contributed by atoms with Gasteiger partial charge in [0.05, 0.1) is 0 Å². The molecule has 1 aliphatic heterocycles. The quantitative estimate of drug-likeness (QED) is 0.235. The van der Waals surface area contributed by atoms with E-state index in [0.29, 0.717) is 5.95 Å². The second-order valence-corrected chi connectivity index (χ2v) is 5.16. The zero-order chi connectivity index (χ0) is 15.1. The maximum Gasteiger partial charge on any atom is 0.244 e. The Bertz CT molecular complexity index is 413. The molecule has 2 rings (SSSR count). The van der Waals surface area contributed by atoms with E-state index in [1.165, 1.54) is 0 Å². The Morgan fingerprint density at radius 1 is 1.10 bits per heavy atom. The average molecular weight is 316 g/mol. The Morgan fingerprint density at radius 3 is 2.43 bits per heavy atom. The van der Waals surface area contributed by atoms with E-state index in [1.54, 1.807) is 0 Å². The lowest BCUT2D eigenvalue weighted by Gasteiger charge is -2.32. The lowest BCUT2D eigenvalue weighted by Crippen LogP contribution is -2.44. The van der Waals surface area contributed by atoms with E-state index in [-0.39, 0.29) is 11.9 Å². The molecule has 1 aromatic heterocycles. The molecule has 0 atom stereocenters. The van der Waals surface area contributed by atoms with Gasteiger partial charge in [0.25, 0.3) is 0 Å². The second-order valence-electron chi connectivity index (χ2n) is 4.97. The maximum atomic E-state index is 5.49. The highest BCUT2D eigenvalue weighted by atomic mass is 35.5. The van der Waals surface area contributed by atoms with Gasteiger partial charge in [-0.15, -0.1) is 0 Å². The molecule has 10 heteroatoms. The first-order valence-corrected chi connectivity index (χ1v) is 7.33. The van der Waals surface area contributed by atoms with Crippen LogP contribution in [0.4, 0.5) is 17.8 Å². The van der Waals surface area contributed by atoms with Crippen LogP contribution in [-0.2, 0) is 0 Å². The van der Waals surface area contributed by atoms with Gasteiger partial charge in [0.15, 0.2) is 0 Å². The summed E-state index contributed by atoms with van der Waals surface area (Å²) < 4.78 is 0. The standard InChI is InChI=1S/C11H22ClN9/c1-20-5-7-21(8-6-20)4-2-3-14-9-15-10(18-12)17-11(16-9)19-13/h2-8,13H2,1H3,(H3,14,15,16,17,18,19). The predicted molar refractivity (Wildman–Crippen MR) is 84.2 cm³/mol. The molecule has 0 amide bonds. The highest BCUT2D eigenvalue weighted by molar-refractivity contribution is 6.23. The molecule has 0 bridgehead atoms. The zero-order valence-electron chi connectivity index (χ0n) is 12.1. The molecule has 5 N–H and O–H groups in total. The predicted octanol–water partition coefficient (Wildman–Crippen LogP) is -0.228. The zero-order valence-corrected chi connectivity index (χ0v) is 12.9. The Hall–Kier alpha value is -1.42. The summed E-state index contributed by atoms with van der Waals surface area (Å²) >= 11 is 5.49. The number of likely N-dealkylation sites (N-methyl/N-ethyl adjacent to an activating group) is 1. The van der Waals surface area contributed by atoms with Crippen LogP contribution in [-0.4, -0.2) is 71.1 Å². The van der Waals surface area contributed by atoms with Crippen LogP contribution in [0.5, 0.6) is 0 Å². The highest BCUT2D eigenvalue weighted by Crippen LogP contribution is 2.09. The number of piperazine rings is 1. The van der Waals surface area contributed by atoms with Crippen molar-refractivity contribution in [1.82, 2.24) is 24.8 Å². The number of nitrogens with two attached hydrogens (primary N) is 1. The summed E-state index contributed by atoms with van der Waals surface area (Å²) in [6.07, 6.45) is 1.02. The number of hydrogen-bond acceptors (Lipinski definition) is 9. The number of halogens is 1. The van der Waals surface area contributed by atoms with Crippen molar-refractivity contribution < 1.29 is 0 Å². The van der Waals surface area contributed by atoms with Crippen LogP contribution < -0.4 is 21.4 Å². The molecular formula is C11H22ClN9. The summed E-state index contributed by atoms with van der Waals surface area (Å²) in [6.45, 7) is 6.37. The molecule has 2 heterocycles. The fourth-order valence-electron chi connectivity index (χ4n) is 2.14. The Labute approximate surface area is 129 Å². The van der Waals surface area contributed by atoms with Gasteiger partial charge in [0.2, 0.25) is 17.8 Å². The minimum Gasteiger partial charge on any atom is -0.354 e. The Balaban J connectivity index is 1.73. The van der Waals surface area contributed by atoms with Gasteiger partial charge in [-0.25, -0.2) is 5.84 Å². The van der Waals surface area contributed by atoms with E-state index in [2.05, 4.69) is 47.4 Å². The maximum absolute atomic E-state index is 5.49. The van der Waals surface area contributed by atoms with Crippen molar-refractivity contribution in [2.75, 3.05) is 61.9 Å². The van der Waals surface area contributed by atoms with Crippen molar-refractivity contribution in [2.45, 2.75) is 6.42 Å². The first-order chi connectivity index (χ1) is 10.2. The molecule has 0 aromatic carbocycles. The molecule has 1 aliphatic rings. The van der Waals surface area contributed by atoms with Gasteiger partial charge in [-0.1, -0.05) is 0 Å². The summed E-state index contributed by atoms with van der Waals surface area (Å²) in [5, 5.41) is 3.15. The van der Waals surface area contributed by atoms with Crippen LogP contribution >= 0.6 is 11.8 Å². The number of hydrogen-bond donors (Lipinski definition) is 4. The van der Waals surface area contributed by atoms with E-state index in [0.717, 1.165) is 45.7 Å². The van der Waals surface area contributed by atoms with Crippen molar-refractivity contribution in [3.05, 3.63) is 0 Å². The summed E-state index contributed by atoms with van der Waals surface area (Å²) in [7, 11) is 2.16. The van der Waals surface area contributed by atoms with E-state index in [1.807, 2.05) is 0 Å². The van der Waals surface area contributed by atoms with Crippen LogP contribution in [0.25, 0.3) is 0 Å². The molecule has 21 heavy (non-hydrogen) atoms. The number of nitrogen functional groups attached to an aromatic ring is 1. The van der Waals surface area contributed by atoms with Crippen molar-refractivity contribution in [1.29, 1.82) is 0 Å². The number of aromatic nitrogens is 3. The van der Waals surface area contributed by atoms with Crippen LogP contribution in [0.2, 0.25) is 0 Å². The normalized spacial score (nSPS) is 16.7. The van der Waals surface area contributed by atoms with E-state index >= 15 is 0 Å². The van der Waals surface area contributed by atoms with Crippen molar-refractivity contribution in [2.24, 2.45) is 5.84 Å². The third kappa shape index (κ3) is 5.12. The molecule has 0 spiro atoms. The van der Waals surface area contributed by atoms with Crippen molar-refractivity contribution >= 4 is 29.6 Å². The molecule has 0 unspecified atom stereocenters. The van der Waals surface area contributed by atoms with Crippen LogP contribution in [0, 0.1) is 0 Å². The van der Waals surface area contributed by atoms with Crippen LogP contribution in [0.3, 0.4) is 0 Å². The molecule has 1 aromatic rings. The summed E-state index contributed by atoms with van der Waals surface area (Å²) in [6, 6.07) is 0. The van der Waals surface area contributed by atoms with E-state index in [4.69, 9.17) is 17.6 Å². The molecule has 0 aliphatic carbocycles. The molecule has 1 fully saturated rings. The third-order valence-corrected chi connectivity index (χ3v) is 3.55. The third-order valence-electron chi connectivity index (χ3n) is 3.38. The van der Waals surface area contributed by atoms with Crippen molar-refractivity contribution in [3.8, 4) is 0 Å². The lowest BCUT2D eigenvalue weighted by atomic mass is 10.3. The fraction of sp³-hybridized carbons (Fsp3) is 0.727. The average Bonchev–Trinajstić information content (AvgIpc) is 2.53. The molecule has 9 nitrogen and oxygen atoms in total. The van der Waals surface area contributed by atoms with Gasteiger partial charge in [0, 0.05) is 44.5 Å². The molecule has 0 radical (unpaired) electrons. The van der Waals surface area contributed by atoms with Crippen LogP contribution in [0.15, 0.2) is 0 Å². The van der Waals surface area contributed by atoms with Gasteiger partial charge < -0.3 is 15.1 Å². The Morgan fingerprint density at radius 2 is 1.76 bits per heavy atom. The van der Waals surface area contributed by atoms with Gasteiger partial charge >= 0.3 is 0 Å². The molecule has 118 valence electrons. The number of anilines is 3. The monoisotopic (exact) mass is 315 g/mol. The number of rotatable bonds is 7. The van der Waals surface area contributed by atoms with E-state index < -0.39 is 0 Å². The fourth-order valence-corrected chi connectivity index (χ4v) is 2.22. The number of nitrogens with one attached hydrogen (secondary N) is 3. The number of nitrogens with zero attached hydrogens (tertiary/aromatic N) is 5. The SMILES string of the molecule is CN1CCN(CCCNc2nc(NN)nc(NCl)n2)CC1. The summed E-state index contributed by atoms with van der Waals surface area (Å²) in [4.78, 5) is 19.3. The molecule has 1 saturated heterocycles. The lowest BCUT2D eigenvalue weighted by molar-refractivity contribution is 0.154. The highest BCUT2D eigenvalue weighted by Gasteiger charge is 2.12. The smallest absolute Gasteiger partial charge is 0.244 e. The first-order valence-electron chi connectivity index (χ1n) is 6.95. The first kappa shape index (κ1) is 16.0. The van der Waals surface area contributed by atoms with Gasteiger partial charge in [0.1, 0.15) is 0 Å². The van der Waals surface area contributed by atoms with Gasteiger partial charge in [-0.3, -0.25) is 10.3 Å². The Kier molecular flexibility index (Phi) is 6.18. The number of hydrazine groups is 1. The minimum absolute atomic E-state index is 0.251. The molecular weight excluding hydrogens is 294 g/mol. The van der Waals surface area contributed by atoms with Gasteiger partial charge in [-0.05, 0) is 20.0 Å². The second kappa shape index (κ2) is 8.13. The van der Waals surface area contributed by atoms with Gasteiger partial charge in [-0.2, -0.15) is 15.0 Å². The summed E-state index contributed by atoms with van der Waals surface area (Å²) in [5.74, 6) is 6.25. The molecule has 0 saturated carbocycles. The largest absolute Gasteiger partial charge is 0.354 e. The van der Waals surface area contributed by atoms with Crippen molar-refractivity contribution in [3.63, 3.8) is 0 Å².